The minimum Gasteiger partial charge on any atom is -0.411 e. The van der Waals surface area contributed by atoms with Crippen molar-refractivity contribution < 1.29 is 15.1 Å². The lowest BCUT2D eigenvalue weighted by Crippen LogP contribution is -2.42. The number of carbonyl (C=O) groups excluding carboxylic acids is 1. The highest BCUT2D eigenvalue weighted by molar-refractivity contribution is 6.18. The summed E-state index contributed by atoms with van der Waals surface area (Å²) in [5.41, 5.74) is -1.33. The molecular weight excluding hydrogens is 254 g/mol. The van der Waals surface area contributed by atoms with Gasteiger partial charge in [0.1, 0.15) is 0 Å². The fourth-order valence-electron chi connectivity index (χ4n) is 2.05. The van der Waals surface area contributed by atoms with Crippen LogP contribution in [0, 0.1) is 0 Å². The number of benzene rings is 2. The van der Waals surface area contributed by atoms with E-state index < -0.39 is 11.4 Å². The average molecular weight is 269 g/mol. The van der Waals surface area contributed by atoms with E-state index in [1.165, 1.54) is 6.92 Å². The smallest absolute Gasteiger partial charge is 0.205 e. The summed E-state index contributed by atoms with van der Waals surface area (Å²) in [7, 11) is 0. The van der Waals surface area contributed by atoms with E-state index in [4.69, 9.17) is 5.21 Å². The van der Waals surface area contributed by atoms with Crippen molar-refractivity contribution in [2.75, 3.05) is 0 Å². The molecule has 0 aromatic heterocycles. The van der Waals surface area contributed by atoms with Gasteiger partial charge in [-0.05, 0) is 12.5 Å². The molecule has 0 aliphatic rings. The van der Waals surface area contributed by atoms with Crippen LogP contribution in [0.2, 0.25) is 0 Å². The summed E-state index contributed by atoms with van der Waals surface area (Å²) in [6, 6.07) is 16.9. The van der Waals surface area contributed by atoms with Crippen molar-refractivity contribution in [3.8, 4) is 0 Å². The van der Waals surface area contributed by atoms with E-state index in [9.17, 15) is 9.90 Å². The second kappa shape index (κ2) is 5.67. The van der Waals surface area contributed by atoms with Gasteiger partial charge in [0.05, 0.1) is 5.71 Å². The highest BCUT2D eigenvalue weighted by Crippen LogP contribution is 2.27. The fraction of sp³-hybridized carbons (Fsp3) is 0.125. The zero-order chi connectivity index (χ0) is 14.6. The van der Waals surface area contributed by atoms with E-state index in [2.05, 4.69) is 5.16 Å². The van der Waals surface area contributed by atoms with E-state index in [1.807, 2.05) is 0 Å². The van der Waals surface area contributed by atoms with Crippen LogP contribution in [0.1, 0.15) is 22.8 Å². The molecule has 0 aliphatic carbocycles. The minimum absolute atomic E-state index is 0.0717. The lowest BCUT2D eigenvalue weighted by molar-refractivity contribution is 0.0575. The van der Waals surface area contributed by atoms with Gasteiger partial charge in [0.25, 0.3) is 0 Å². The van der Waals surface area contributed by atoms with Crippen LogP contribution >= 0.6 is 0 Å². The Morgan fingerprint density at radius 2 is 1.50 bits per heavy atom. The van der Waals surface area contributed by atoms with Gasteiger partial charge in [-0.3, -0.25) is 4.79 Å². The van der Waals surface area contributed by atoms with Gasteiger partial charge in [-0.2, -0.15) is 0 Å². The van der Waals surface area contributed by atoms with E-state index in [0.717, 1.165) is 0 Å². The third-order valence-corrected chi connectivity index (χ3v) is 3.23. The number of hydrogen-bond acceptors (Lipinski definition) is 4. The minimum atomic E-state index is -1.97. The maximum Gasteiger partial charge on any atom is 0.205 e. The Morgan fingerprint density at radius 3 is 2.00 bits per heavy atom. The molecule has 0 bridgehead atoms. The molecule has 0 fully saturated rings. The van der Waals surface area contributed by atoms with Crippen molar-refractivity contribution in [3.05, 3.63) is 71.8 Å². The molecule has 0 radical (unpaired) electrons. The van der Waals surface area contributed by atoms with Crippen molar-refractivity contribution >= 4 is 11.5 Å². The van der Waals surface area contributed by atoms with Crippen molar-refractivity contribution in [2.24, 2.45) is 5.16 Å². The first-order valence-corrected chi connectivity index (χ1v) is 6.17. The molecule has 2 rings (SSSR count). The number of hydrogen-bond donors (Lipinski definition) is 2. The first-order chi connectivity index (χ1) is 9.60. The van der Waals surface area contributed by atoms with Gasteiger partial charge in [-0.25, -0.2) is 0 Å². The van der Waals surface area contributed by atoms with E-state index >= 15 is 0 Å². The Labute approximate surface area is 117 Å². The molecule has 1 atom stereocenters. The van der Waals surface area contributed by atoms with Crippen LogP contribution in [0.4, 0.5) is 0 Å². The average Bonchev–Trinajstić information content (AvgIpc) is 2.54. The molecule has 102 valence electrons. The van der Waals surface area contributed by atoms with Crippen LogP contribution in [0.15, 0.2) is 65.8 Å². The molecule has 4 nitrogen and oxygen atoms in total. The monoisotopic (exact) mass is 269 g/mol. The Kier molecular flexibility index (Phi) is 3.96. The quantitative estimate of drug-likeness (QED) is 0.388. The predicted molar refractivity (Wildman–Crippen MR) is 76.0 cm³/mol. The first-order valence-electron chi connectivity index (χ1n) is 6.17. The lowest BCUT2D eigenvalue weighted by Gasteiger charge is -2.26. The Hall–Kier alpha value is -2.46. The Morgan fingerprint density at radius 1 is 1.00 bits per heavy atom. The molecule has 0 heterocycles. The standard InChI is InChI=1S/C16H15NO3/c1-12(17-20)16(19,14-10-6-3-7-11-14)15(18)13-8-4-2-5-9-13/h2-11,19-20H,1H3. The summed E-state index contributed by atoms with van der Waals surface area (Å²) in [4.78, 5) is 12.6. The molecule has 1 unspecified atom stereocenters. The van der Waals surface area contributed by atoms with Crippen LogP contribution < -0.4 is 0 Å². The van der Waals surface area contributed by atoms with Gasteiger partial charge in [0, 0.05) is 5.56 Å². The SMILES string of the molecule is CC(=NO)C(O)(C(=O)c1ccccc1)c1ccccc1. The Bertz CT molecular complexity index is 623. The van der Waals surface area contributed by atoms with Crippen LogP contribution in [0.3, 0.4) is 0 Å². The Balaban J connectivity index is 2.57. The normalized spacial score (nSPS) is 14.6. The van der Waals surface area contributed by atoms with Crippen LogP contribution in [-0.2, 0) is 5.60 Å². The van der Waals surface area contributed by atoms with Gasteiger partial charge in [0.15, 0.2) is 5.60 Å². The van der Waals surface area contributed by atoms with Crippen LogP contribution in [0.25, 0.3) is 0 Å². The summed E-state index contributed by atoms with van der Waals surface area (Å²) >= 11 is 0. The van der Waals surface area contributed by atoms with Crippen molar-refractivity contribution in [1.82, 2.24) is 0 Å². The predicted octanol–water partition coefficient (Wildman–Crippen LogP) is 2.61. The van der Waals surface area contributed by atoms with Crippen molar-refractivity contribution in [3.63, 3.8) is 0 Å². The zero-order valence-corrected chi connectivity index (χ0v) is 11.0. The molecule has 0 spiro atoms. The molecule has 0 saturated heterocycles. The summed E-state index contributed by atoms with van der Waals surface area (Å²) in [6.45, 7) is 1.41. The summed E-state index contributed by atoms with van der Waals surface area (Å²) in [6.07, 6.45) is 0. The molecule has 0 amide bonds. The van der Waals surface area contributed by atoms with Gasteiger partial charge >= 0.3 is 0 Å². The van der Waals surface area contributed by atoms with Crippen LogP contribution in [-0.4, -0.2) is 21.8 Å². The fourth-order valence-corrected chi connectivity index (χ4v) is 2.05. The molecular formula is C16H15NO3. The molecule has 4 heteroatoms. The summed E-state index contributed by atoms with van der Waals surface area (Å²) < 4.78 is 0. The van der Waals surface area contributed by atoms with E-state index in [1.54, 1.807) is 60.7 Å². The third-order valence-electron chi connectivity index (χ3n) is 3.23. The highest BCUT2D eigenvalue weighted by atomic mass is 16.4. The molecule has 2 N–H and O–H groups in total. The zero-order valence-electron chi connectivity index (χ0n) is 11.0. The van der Waals surface area contributed by atoms with Crippen molar-refractivity contribution in [2.45, 2.75) is 12.5 Å². The van der Waals surface area contributed by atoms with Crippen molar-refractivity contribution in [1.29, 1.82) is 0 Å². The number of Topliss-reactive ketones (excluding diaryl/α,β-unsaturated/α-hetero) is 1. The highest BCUT2D eigenvalue weighted by Gasteiger charge is 2.41. The maximum atomic E-state index is 12.6. The number of carbonyl (C=O) groups is 1. The molecule has 2 aromatic carbocycles. The van der Waals surface area contributed by atoms with Crippen LogP contribution in [0.5, 0.6) is 0 Å². The van der Waals surface area contributed by atoms with E-state index in [-0.39, 0.29) is 5.71 Å². The van der Waals surface area contributed by atoms with Gasteiger partial charge in [-0.15, -0.1) is 0 Å². The molecule has 0 saturated carbocycles. The van der Waals surface area contributed by atoms with Gasteiger partial charge in [-0.1, -0.05) is 65.8 Å². The molecule has 20 heavy (non-hydrogen) atoms. The maximum absolute atomic E-state index is 12.6. The van der Waals surface area contributed by atoms with Gasteiger partial charge < -0.3 is 10.3 Å². The third kappa shape index (κ3) is 2.33. The lowest BCUT2D eigenvalue weighted by atomic mass is 9.82. The summed E-state index contributed by atoms with van der Waals surface area (Å²) in [5, 5.41) is 22.9. The number of oxime groups is 1. The number of nitrogens with zero attached hydrogens (tertiary/aromatic N) is 1. The number of ketones is 1. The second-order valence-corrected chi connectivity index (χ2v) is 4.46. The second-order valence-electron chi connectivity index (χ2n) is 4.46. The molecule has 2 aromatic rings. The first kappa shape index (κ1) is 14.0. The largest absolute Gasteiger partial charge is 0.411 e. The summed E-state index contributed by atoms with van der Waals surface area (Å²) in [5.74, 6) is -0.528. The van der Waals surface area contributed by atoms with E-state index in [0.29, 0.717) is 11.1 Å². The van der Waals surface area contributed by atoms with Gasteiger partial charge in [0.2, 0.25) is 5.78 Å². The number of rotatable bonds is 4. The molecule has 0 aliphatic heterocycles. The topological polar surface area (TPSA) is 69.9 Å². The number of aliphatic hydroxyl groups is 1.